The molecular formula is C14H23BrN2O2. The summed E-state index contributed by atoms with van der Waals surface area (Å²) in [5, 5.41) is 3.36. The van der Waals surface area contributed by atoms with Crippen LogP contribution < -0.4 is 10.1 Å². The lowest BCUT2D eigenvalue weighted by molar-refractivity contribution is 0.0540. The van der Waals surface area contributed by atoms with E-state index in [9.17, 15) is 0 Å². The van der Waals surface area contributed by atoms with Gasteiger partial charge in [0.2, 0.25) is 5.88 Å². The number of nitrogens with zero attached hydrogens (tertiary/aromatic N) is 1. The Morgan fingerprint density at radius 3 is 2.84 bits per heavy atom. The van der Waals surface area contributed by atoms with Crippen molar-refractivity contribution in [3.63, 3.8) is 0 Å². The lowest BCUT2D eigenvalue weighted by Crippen LogP contribution is -2.16. The monoisotopic (exact) mass is 330 g/mol. The van der Waals surface area contributed by atoms with Gasteiger partial charge in [-0.2, -0.15) is 0 Å². The Balaban J connectivity index is 2.50. The number of halogens is 1. The third-order valence-corrected chi connectivity index (χ3v) is 2.84. The molecule has 0 aliphatic rings. The molecule has 4 nitrogen and oxygen atoms in total. The highest BCUT2D eigenvalue weighted by atomic mass is 79.9. The summed E-state index contributed by atoms with van der Waals surface area (Å²) >= 11 is 3.44. The standard InChI is InChI=1S/C14H23BrN2O2/c1-4-5-16-9-12-8-13(15)10-17-14(12)19-7-6-18-11(2)3/h8,10-11,16H,4-7,9H2,1-3H3. The summed E-state index contributed by atoms with van der Waals surface area (Å²) in [6.45, 7) is 9.02. The SMILES string of the molecule is CCCNCc1cc(Br)cnc1OCCOC(C)C. The van der Waals surface area contributed by atoms with Crippen LogP contribution in [0, 0.1) is 0 Å². The topological polar surface area (TPSA) is 43.4 Å². The molecule has 108 valence electrons. The van der Waals surface area contributed by atoms with E-state index in [2.05, 4.69) is 33.2 Å². The second kappa shape index (κ2) is 9.28. The van der Waals surface area contributed by atoms with Gasteiger partial charge in [0, 0.05) is 22.8 Å². The van der Waals surface area contributed by atoms with Crippen molar-refractivity contribution in [1.29, 1.82) is 0 Å². The van der Waals surface area contributed by atoms with E-state index in [1.807, 2.05) is 19.9 Å². The number of hydrogen-bond donors (Lipinski definition) is 1. The molecule has 0 atom stereocenters. The van der Waals surface area contributed by atoms with Gasteiger partial charge in [-0.05, 0) is 48.8 Å². The fraction of sp³-hybridized carbons (Fsp3) is 0.643. The van der Waals surface area contributed by atoms with Gasteiger partial charge in [0.1, 0.15) is 6.61 Å². The van der Waals surface area contributed by atoms with Gasteiger partial charge in [0.25, 0.3) is 0 Å². The minimum atomic E-state index is 0.229. The van der Waals surface area contributed by atoms with E-state index in [1.165, 1.54) is 0 Å². The van der Waals surface area contributed by atoms with E-state index in [0.29, 0.717) is 19.1 Å². The van der Waals surface area contributed by atoms with Crippen LogP contribution >= 0.6 is 15.9 Å². The average Bonchev–Trinajstić information content (AvgIpc) is 2.36. The molecular weight excluding hydrogens is 308 g/mol. The first-order chi connectivity index (χ1) is 9.13. The number of nitrogens with one attached hydrogen (secondary N) is 1. The van der Waals surface area contributed by atoms with E-state index in [-0.39, 0.29) is 6.10 Å². The molecule has 1 heterocycles. The van der Waals surface area contributed by atoms with Gasteiger partial charge < -0.3 is 14.8 Å². The van der Waals surface area contributed by atoms with Gasteiger partial charge in [-0.1, -0.05) is 6.92 Å². The first kappa shape index (κ1) is 16.4. The molecule has 0 spiro atoms. The van der Waals surface area contributed by atoms with Gasteiger partial charge in [0.05, 0.1) is 12.7 Å². The van der Waals surface area contributed by atoms with Crippen molar-refractivity contribution in [1.82, 2.24) is 10.3 Å². The van der Waals surface area contributed by atoms with Crippen LogP contribution in [0.25, 0.3) is 0 Å². The molecule has 5 heteroatoms. The van der Waals surface area contributed by atoms with Gasteiger partial charge in [-0.25, -0.2) is 4.98 Å². The molecule has 0 bridgehead atoms. The predicted molar refractivity (Wildman–Crippen MR) is 80.5 cm³/mol. The molecule has 0 radical (unpaired) electrons. The first-order valence-corrected chi connectivity index (χ1v) is 7.52. The van der Waals surface area contributed by atoms with Gasteiger partial charge in [-0.15, -0.1) is 0 Å². The molecule has 19 heavy (non-hydrogen) atoms. The van der Waals surface area contributed by atoms with Crippen LogP contribution in [0.4, 0.5) is 0 Å². The smallest absolute Gasteiger partial charge is 0.217 e. The van der Waals surface area contributed by atoms with Gasteiger partial charge in [-0.3, -0.25) is 0 Å². The maximum absolute atomic E-state index is 5.68. The Bertz CT molecular complexity index is 372. The van der Waals surface area contributed by atoms with E-state index >= 15 is 0 Å². The zero-order valence-corrected chi connectivity index (χ0v) is 13.5. The van der Waals surface area contributed by atoms with Crippen molar-refractivity contribution in [2.75, 3.05) is 19.8 Å². The van der Waals surface area contributed by atoms with Gasteiger partial charge >= 0.3 is 0 Å². The highest BCUT2D eigenvalue weighted by Crippen LogP contribution is 2.19. The second-order valence-corrected chi connectivity index (χ2v) is 5.48. The minimum Gasteiger partial charge on any atom is -0.475 e. The zero-order valence-electron chi connectivity index (χ0n) is 11.9. The van der Waals surface area contributed by atoms with Crippen molar-refractivity contribution in [2.24, 2.45) is 0 Å². The summed E-state index contributed by atoms with van der Waals surface area (Å²) in [4.78, 5) is 4.31. The maximum Gasteiger partial charge on any atom is 0.217 e. The van der Waals surface area contributed by atoms with E-state index in [4.69, 9.17) is 9.47 Å². The zero-order chi connectivity index (χ0) is 14.1. The van der Waals surface area contributed by atoms with Crippen LogP contribution in [-0.4, -0.2) is 30.8 Å². The second-order valence-electron chi connectivity index (χ2n) is 4.56. The van der Waals surface area contributed by atoms with Crippen molar-refractivity contribution in [2.45, 2.75) is 39.8 Å². The Kier molecular flexibility index (Phi) is 8.02. The van der Waals surface area contributed by atoms with E-state index in [1.54, 1.807) is 6.20 Å². The molecule has 1 aromatic heterocycles. The number of ether oxygens (including phenoxy) is 2. The number of rotatable bonds is 9. The molecule has 1 rings (SSSR count). The Hall–Kier alpha value is -0.650. The average molecular weight is 331 g/mol. The molecule has 0 unspecified atom stereocenters. The summed E-state index contributed by atoms with van der Waals surface area (Å²) in [6, 6.07) is 2.04. The van der Waals surface area contributed by atoms with Crippen molar-refractivity contribution < 1.29 is 9.47 Å². The Morgan fingerprint density at radius 2 is 2.16 bits per heavy atom. The van der Waals surface area contributed by atoms with Crippen molar-refractivity contribution in [3.8, 4) is 5.88 Å². The molecule has 0 saturated carbocycles. The fourth-order valence-electron chi connectivity index (χ4n) is 1.55. The molecule has 0 fully saturated rings. The summed E-state index contributed by atoms with van der Waals surface area (Å²) in [5.41, 5.74) is 1.06. The normalized spacial score (nSPS) is 11.0. The number of aromatic nitrogens is 1. The third kappa shape index (κ3) is 6.89. The van der Waals surface area contributed by atoms with Crippen LogP contribution in [0.3, 0.4) is 0 Å². The van der Waals surface area contributed by atoms with E-state index in [0.717, 1.165) is 29.5 Å². The van der Waals surface area contributed by atoms with Gasteiger partial charge in [0.15, 0.2) is 0 Å². The van der Waals surface area contributed by atoms with Crippen molar-refractivity contribution in [3.05, 3.63) is 22.3 Å². The third-order valence-electron chi connectivity index (χ3n) is 2.41. The van der Waals surface area contributed by atoms with Crippen LogP contribution in [0.1, 0.15) is 32.8 Å². The lowest BCUT2D eigenvalue weighted by atomic mass is 10.2. The first-order valence-electron chi connectivity index (χ1n) is 6.73. The molecule has 0 amide bonds. The molecule has 0 saturated heterocycles. The summed E-state index contributed by atoms with van der Waals surface area (Å²) in [6.07, 6.45) is 3.09. The summed E-state index contributed by atoms with van der Waals surface area (Å²) in [5.74, 6) is 0.680. The molecule has 1 N–H and O–H groups in total. The van der Waals surface area contributed by atoms with Crippen LogP contribution in [0.2, 0.25) is 0 Å². The molecule has 0 aromatic carbocycles. The van der Waals surface area contributed by atoms with Crippen LogP contribution in [0.5, 0.6) is 5.88 Å². The molecule has 1 aromatic rings. The lowest BCUT2D eigenvalue weighted by Gasteiger charge is -2.12. The number of hydrogen-bond acceptors (Lipinski definition) is 4. The van der Waals surface area contributed by atoms with Crippen LogP contribution in [-0.2, 0) is 11.3 Å². The summed E-state index contributed by atoms with van der Waals surface area (Å²) in [7, 11) is 0. The quantitative estimate of drug-likeness (QED) is 0.706. The Morgan fingerprint density at radius 1 is 1.37 bits per heavy atom. The largest absolute Gasteiger partial charge is 0.475 e. The van der Waals surface area contributed by atoms with E-state index < -0.39 is 0 Å². The minimum absolute atomic E-state index is 0.229. The molecule has 0 aliphatic heterocycles. The Labute approximate surface area is 124 Å². The predicted octanol–water partition coefficient (Wildman–Crippen LogP) is 3.15. The fourth-order valence-corrected chi connectivity index (χ4v) is 1.93. The molecule has 0 aliphatic carbocycles. The van der Waals surface area contributed by atoms with Crippen LogP contribution in [0.15, 0.2) is 16.7 Å². The number of pyridine rings is 1. The van der Waals surface area contributed by atoms with Crippen molar-refractivity contribution >= 4 is 15.9 Å². The summed E-state index contributed by atoms with van der Waals surface area (Å²) < 4.78 is 12.1. The highest BCUT2D eigenvalue weighted by Gasteiger charge is 2.06. The highest BCUT2D eigenvalue weighted by molar-refractivity contribution is 9.10. The maximum atomic E-state index is 5.68.